The number of unbranched alkanes of at least 4 members (excludes halogenated alkanes) is 28. The number of esters is 3. The van der Waals surface area contributed by atoms with E-state index in [1.807, 2.05) is 0 Å². The molecule has 0 bridgehead atoms. The summed E-state index contributed by atoms with van der Waals surface area (Å²) in [6, 6.07) is 0. The lowest BCUT2D eigenvalue weighted by Gasteiger charge is -2.18. The van der Waals surface area contributed by atoms with E-state index >= 15 is 0 Å². The van der Waals surface area contributed by atoms with E-state index in [0.717, 1.165) is 122 Å². The van der Waals surface area contributed by atoms with Gasteiger partial charge in [0.05, 0.1) is 0 Å². The molecule has 0 aromatic heterocycles. The Balaban J connectivity index is 4.37. The molecule has 0 aliphatic carbocycles. The summed E-state index contributed by atoms with van der Waals surface area (Å²) in [5.41, 5.74) is 0. The van der Waals surface area contributed by atoms with Gasteiger partial charge in [-0.05, 0) is 109 Å². The molecule has 1 atom stereocenters. The molecule has 0 aliphatic rings. The summed E-state index contributed by atoms with van der Waals surface area (Å²) in [6.45, 7) is 6.52. The number of ether oxygens (including phenoxy) is 3. The van der Waals surface area contributed by atoms with E-state index < -0.39 is 6.10 Å². The molecular formula is C61H106O6. The van der Waals surface area contributed by atoms with Gasteiger partial charge in [-0.3, -0.25) is 14.4 Å². The average molecular weight is 936 g/mol. The first-order chi connectivity index (χ1) is 33.0. The Hall–Kier alpha value is -3.15. The van der Waals surface area contributed by atoms with Crippen LogP contribution < -0.4 is 0 Å². The summed E-state index contributed by atoms with van der Waals surface area (Å²) in [5.74, 6) is -0.914. The van der Waals surface area contributed by atoms with Crippen molar-refractivity contribution in [3.05, 3.63) is 72.9 Å². The molecule has 0 amide bonds. The van der Waals surface area contributed by atoms with Gasteiger partial charge in [-0.2, -0.15) is 0 Å². The normalized spacial score (nSPS) is 12.6. The molecule has 0 aromatic rings. The van der Waals surface area contributed by atoms with Crippen LogP contribution in [0.2, 0.25) is 0 Å². The van der Waals surface area contributed by atoms with Crippen LogP contribution in [0.1, 0.15) is 278 Å². The predicted octanol–water partition coefficient (Wildman–Crippen LogP) is 19.0. The Labute approximate surface area is 414 Å². The van der Waals surface area contributed by atoms with Crippen molar-refractivity contribution in [2.24, 2.45) is 0 Å². The second-order valence-electron chi connectivity index (χ2n) is 18.8. The molecule has 0 N–H and O–H groups in total. The van der Waals surface area contributed by atoms with E-state index in [9.17, 15) is 14.4 Å². The topological polar surface area (TPSA) is 78.9 Å². The monoisotopic (exact) mass is 935 g/mol. The molecule has 386 valence electrons. The zero-order valence-corrected chi connectivity index (χ0v) is 44.2. The molecule has 0 saturated heterocycles. The van der Waals surface area contributed by atoms with Gasteiger partial charge in [-0.15, -0.1) is 0 Å². The Bertz CT molecular complexity index is 1260. The zero-order valence-electron chi connectivity index (χ0n) is 44.2. The van der Waals surface area contributed by atoms with Crippen molar-refractivity contribution in [3.63, 3.8) is 0 Å². The highest BCUT2D eigenvalue weighted by Crippen LogP contribution is 2.15. The van der Waals surface area contributed by atoms with Gasteiger partial charge in [-0.1, -0.05) is 222 Å². The van der Waals surface area contributed by atoms with Crippen LogP contribution in [0.25, 0.3) is 0 Å². The minimum Gasteiger partial charge on any atom is -0.462 e. The maximum absolute atomic E-state index is 12.8. The third-order valence-corrected chi connectivity index (χ3v) is 12.1. The van der Waals surface area contributed by atoms with Gasteiger partial charge in [0.1, 0.15) is 13.2 Å². The Morgan fingerprint density at radius 1 is 0.299 bits per heavy atom. The summed E-state index contributed by atoms with van der Waals surface area (Å²) in [6.07, 6.45) is 70.3. The molecule has 6 heteroatoms. The first kappa shape index (κ1) is 63.8. The molecule has 0 radical (unpaired) electrons. The SMILES string of the molecule is CCC/C=C\C/C=C\CCCCCCCC(=O)OCC(COC(=O)CCCCCCCCCCC/C=C\C/C=C\CCCCCCC)OC(=O)CCCCCCC/C=C\C/C=C\CCCCC. The number of hydrogen-bond donors (Lipinski definition) is 0. The second kappa shape index (κ2) is 55.4. The predicted molar refractivity (Wildman–Crippen MR) is 288 cm³/mol. The molecular weight excluding hydrogens is 829 g/mol. The molecule has 6 nitrogen and oxygen atoms in total. The second-order valence-corrected chi connectivity index (χ2v) is 18.8. The van der Waals surface area contributed by atoms with Gasteiger partial charge in [-0.25, -0.2) is 0 Å². The molecule has 0 rings (SSSR count). The summed E-state index contributed by atoms with van der Waals surface area (Å²) in [7, 11) is 0. The summed E-state index contributed by atoms with van der Waals surface area (Å²) < 4.78 is 16.8. The van der Waals surface area contributed by atoms with E-state index in [1.54, 1.807) is 0 Å². The van der Waals surface area contributed by atoms with Crippen LogP contribution in [0.4, 0.5) is 0 Å². The smallest absolute Gasteiger partial charge is 0.306 e. The standard InChI is InChI=1S/C61H106O6/c1-4-7-10-13-16-19-22-25-27-28-29-30-31-32-34-36-39-42-45-48-51-54-60(63)66-57-58(56-65-59(62)53-50-47-44-41-38-35-24-21-18-15-12-9-6-3)67-61(64)55-52-49-46-43-40-37-33-26-23-20-17-14-11-8-5-2/h12,15,17,20-22,24-26,28-29,33,58H,4-11,13-14,16,18-19,23,27,30-32,34-57H2,1-3H3/b15-12-,20-17-,24-21-,25-22-,29-28-,33-26-. The summed E-state index contributed by atoms with van der Waals surface area (Å²) in [5, 5.41) is 0. The fraction of sp³-hybridized carbons (Fsp3) is 0.754. The van der Waals surface area contributed by atoms with Crippen LogP contribution in [0, 0.1) is 0 Å². The Morgan fingerprint density at radius 2 is 0.567 bits per heavy atom. The zero-order chi connectivity index (χ0) is 48.6. The fourth-order valence-corrected chi connectivity index (χ4v) is 7.83. The van der Waals surface area contributed by atoms with Gasteiger partial charge in [0.2, 0.25) is 0 Å². The molecule has 67 heavy (non-hydrogen) atoms. The highest BCUT2D eigenvalue weighted by Gasteiger charge is 2.19. The molecule has 0 spiro atoms. The highest BCUT2D eigenvalue weighted by molar-refractivity contribution is 5.71. The maximum atomic E-state index is 12.8. The number of hydrogen-bond acceptors (Lipinski definition) is 6. The minimum absolute atomic E-state index is 0.0877. The number of carbonyl (C=O) groups is 3. The van der Waals surface area contributed by atoms with Crippen molar-refractivity contribution in [3.8, 4) is 0 Å². The van der Waals surface area contributed by atoms with Gasteiger partial charge in [0.15, 0.2) is 6.10 Å². The van der Waals surface area contributed by atoms with Crippen molar-refractivity contribution < 1.29 is 28.6 Å². The van der Waals surface area contributed by atoms with Crippen molar-refractivity contribution in [2.75, 3.05) is 13.2 Å². The Kier molecular flexibility index (Phi) is 52.8. The van der Waals surface area contributed by atoms with Crippen LogP contribution in [-0.4, -0.2) is 37.2 Å². The van der Waals surface area contributed by atoms with Crippen molar-refractivity contribution >= 4 is 17.9 Å². The Morgan fingerprint density at radius 3 is 0.910 bits per heavy atom. The largest absolute Gasteiger partial charge is 0.462 e. The van der Waals surface area contributed by atoms with Gasteiger partial charge >= 0.3 is 17.9 Å². The van der Waals surface area contributed by atoms with Gasteiger partial charge in [0.25, 0.3) is 0 Å². The van der Waals surface area contributed by atoms with Crippen LogP contribution in [0.15, 0.2) is 72.9 Å². The summed E-state index contributed by atoms with van der Waals surface area (Å²) in [4.78, 5) is 38.1. The maximum Gasteiger partial charge on any atom is 0.306 e. The molecule has 1 unspecified atom stereocenters. The number of rotatable bonds is 51. The van der Waals surface area contributed by atoms with E-state index in [1.165, 1.54) is 116 Å². The van der Waals surface area contributed by atoms with E-state index in [4.69, 9.17) is 14.2 Å². The first-order valence-electron chi connectivity index (χ1n) is 28.4. The lowest BCUT2D eigenvalue weighted by Crippen LogP contribution is -2.30. The van der Waals surface area contributed by atoms with Crippen LogP contribution in [0.3, 0.4) is 0 Å². The van der Waals surface area contributed by atoms with Crippen LogP contribution >= 0.6 is 0 Å². The molecule has 0 saturated carbocycles. The quantitative estimate of drug-likeness (QED) is 0.0262. The first-order valence-corrected chi connectivity index (χ1v) is 28.4. The third kappa shape index (κ3) is 53.7. The lowest BCUT2D eigenvalue weighted by atomic mass is 10.1. The third-order valence-electron chi connectivity index (χ3n) is 12.1. The van der Waals surface area contributed by atoms with Crippen molar-refractivity contribution in [1.82, 2.24) is 0 Å². The minimum atomic E-state index is -0.790. The molecule has 0 heterocycles. The van der Waals surface area contributed by atoms with E-state index in [0.29, 0.717) is 19.3 Å². The average Bonchev–Trinajstić information content (AvgIpc) is 3.33. The van der Waals surface area contributed by atoms with Crippen molar-refractivity contribution in [1.29, 1.82) is 0 Å². The molecule has 0 fully saturated rings. The number of allylic oxidation sites excluding steroid dienone is 12. The van der Waals surface area contributed by atoms with Gasteiger partial charge in [0, 0.05) is 19.3 Å². The van der Waals surface area contributed by atoms with Crippen LogP contribution in [-0.2, 0) is 28.6 Å². The van der Waals surface area contributed by atoms with E-state index in [-0.39, 0.29) is 31.1 Å². The molecule has 0 aliphatic heterocycles. The molecule has 0 aromatic carbocycles. The lowest BCUT2D eigenvalue weighted by molar-refractivity contribution is -0.167. The van der Waals surface area contributed by atoms with Crippen molar-refractivity contribution in [2.45, 2.75) is 284 Å². The van der Waals surface area contributed by atoms with Crippen LogP contribution in [0.5, 0.6) is 0 Å². The van der Waals surface area contributed by atoms with E-state index in [2.05, 4.69) is 93.7 Å². The van der Waals surface area contributed by atoms with Gasteiger partial charge < -0.3 is 14.2 Å². The highest BCUT2D eigenvalue weighted by atomic mass is 16.6. The number of carbonyl (C=O) groups excluding carboxylic acids is 3. The summed E-state index contributed by atoms with van der Waals surface area (Å²) >= 11 is 0. The fourth-order valence-electron chi connectivity index (χ4n) is 7.83.